The fraction of sp³-hybridized carbons (Fsp3) is 0. The number of hydrogen-bond acceptors (Lipinski definition) is 4. The lowest BCUT2D eigenvalue weighted by molar-refractivity contribution is 1.17. The first-order chi connectivity index (χ1) is 33.2. The summed E-state index contributed by atoms with van der Waals surface area (Å²) in [6, 6.07) is 87.0. The third-order valence-corrected chi connectivity index (χ3v) is 14.1. The Morgan fingerprint density at radius 3 is 1.67 bits per heavy atom. The molecular formula is C62H40N4S. The average molecular weight is 873 g/mol. The maximum Gasteiger partial charge on any atom is 0.160 e. The smallest absolute Gasteiger partial charge is 0.160 e. The maximum absolute atomic E-state index is 5.32. The van der Waals surface area contributed by atoms with E-state index in [4.69, 9.17) is 9.97 Å². The van der Waals surface area contributed by atoms with E-state index < -0.39 is 0 Å². The summed E-state index contributed by atoms with van der Waals surface area (Å²) in [7, 11) is 0. The summed E-state index contributed by atoms with van der Waals surface area (Å²) in [4.78, 5) is 12.9. The van der Waals surface area contributed by atoms with Crippen molar-refractivity contribution in [1.82, 2.24) is 14.5 Å². The van der Waals surface area contributed by atoms with Crippen molar-refractivity contribution < 1.29 is 0 Å². The summed E-state index contributed by atoms with van der Waals surface area (Å²) in [5.41, 5.74) is 15.2. The molecule has 0 atom stereocenters. The predicted molar refractivity (Wildman–Crippen MR) is 283 cm³/mol. The van der Waals surface area contributed by atoms with Gasteiger partial charge in [0.1, 0.15) is 0 Å². The SMILES string of the molecule is c1ccc(-c2ccc(-c3nc(-c4ccc5c(c4)c4ccccc4n5-c4cccc(N(c5ccc(-c6ccccc6)cc5)c5ccc6sc7ccccc7c6c5)c4)nc4ccccc34)cc2)cc1. The molecule has 0 aliphatic rings. The van der Waals surface area contributed by atoms with Crippen LogP contribution in [0.4, 0.5) is 17.1 Å². The highest BCUT2D eigenvalue weighted by Crippen LogP contribution is 2.43. The Hall–Kier alpha value is -8.64. The quantitative estimate of drug-likeness (QED) is 0.153. The van der Waals surface area contributed by atoms with Gasteiger partial charge in [0.05, 0.1) is 22.2 Å². The molecule has 0 saturated heterocycles. The summed E-state index contributed by atoms with van der Waals surface area (Å²) in [5.74, 6) is 0.700. The third kappa shape index (κ3) is 6.84. The largest absolute Gasteiger partial charge is 0.310 e. The van der Waals surface area contributed by atoms with E-state index in [2.05, 4.69) is 252 Å². The second kappa shape index (κ2) is 16.1. The second-order valence-corrected chi connectivity index (χ2v) is 18.1. The van der Waals surface area contributed by atoms with Crippen molar-refractivity contribution in [2.45, 2.75) is 0 Å². The van der Waals surface area contributed by atoms with Crippen molar-refractivity contribution in [1.29, 1.82) is 0 Å². The normalized spacial score (nSPS) is 11.6. The number of benzene rings is 10. The van der Waals surface area contributed by atoms with Crippen LogP contribution >= 0.6 is 11.3 Å². The van der Waals surface area contributed by atoms with Crippen LogP contribution in [0, 0.1) is 0 Å². The highest BCUT2D eigenvalue weighted by Gasteiger charge is 2.20. The fourth-order valence-electron chi connectivity index (χ4n) is 9.77. The van der Waals surface area contributed by atoms with Crippen molar-refractivity contribution in [3.63, 3.8) is 0 Å². The van der Waals surface area contributed by atoms with Gasteiger partial charge in [0.2, 0.25) is 0 Å². The zero-order chi connectivity index (χ0) is 44.3. The van der Waals surface area contributed by atoms with E-state index in [9.17, 15) is 0 Å². The molecule has 0 radical (unpaired) electrons. The predicted octanol–water partition coefficient (Wildman–Crippen LogP) is 17.2. The number of rotatable bonds is 8. The van der Waals surface area contributed by atoms with Crippen LogP contribution in [0.1, 0.15) is 0 Å². The minimum atomic E-state index is 0.700. The Morgan fingerprint density at radius 2 is 0.896 bits per heavy atom. The van der Waals surface area contributed by atoms with Gasteiger partial charge in [0.25, 0.3) is 0 Å². The van der Waals surface area contributed by atoms with Crippen LogP contribution in [0.15, 0.2) is 243 Å². The molecule has 0 saturated carbocycles. The molecule has 0 unspecified atom stereocenters. The van der Waals surface area contributed by atoms with Crippen LogP contribution in [0.2, 0.25) is 0 Å². The molecule has 0 aliphatic heterocycles. The Labute approximate surface area is 391 Å². The van der Waals surface area contributed by atoms with Crippen LogP contribution in [0.3, 0.4) is 0 Å². The molecule has 0 N–H and O–H groups in total. The van der Waals surface area contributed by atoms with Crippen LogP contribution in [0.25, 0.3) is 103 Å². The van der Waals surface area contributed by atoms with Gasteiger partial charge in [-0.1, -0.05) is 158 Å². The average Bonchev–Trinajstić information content (AvgIpc) is 3.94. The molecule has 4 nitrogen and oxygen atoms in total. The van der Waals surface area contributed by atoms with Crippen LogP contribution in [0.5, 0.6) is 0 Å². The van der Waals surface area contributed by atoms with Crippen molar-refractivity contribution >= 4 is 81.3 Å². The molecule has 3 heterocycles. The van der Waals surface area contributed by atoms with E-state index in [0.717, 1.165) is 66.9 Å². The lowest BCUT2D eigenvalue weighted by Gasteiger charge is -2.26. The number of aromatic nitrogens is 3. The van der Waals surface area contributed by atoms with Gasteiger partial charge < -0.3 is 9.47 Å². The highest BCUT2D eigenvalue weighted by atomic mass is 32.1. The van der Waals surface area contributed by atoms with E-state index in [1.165, 1.54) is 47.8 Å². The first-order valence-corrected chi connectivity index (χ1v) is 23.5. The summed E-state index contributed by atoms with van der Waals surface area (Å²) in [5, 5.41) is 5.89. The Kier molecular flexibility index (Phi) is 9.32. The lowest BCUT2D eigenvalue weighted by Crippen LogP contribution is -2.10. The van der Waals surface area contributed by atoms with E-state index in [1.54, 1.807) is 0 Å². The van der Waals surface area contributed by atoms with Crippen molar-refractivity contribution in [2.75, 3.05) is 4.90 Å². The topological polar surface area (TPSA) is 34.0 Å². The van der Waals surface area contributed by atoms with Crippen molar-refractivity contribution in [3.8, 4) is 50.6 Å². The Balaban J connectivity index is 0.934. The molecule has 10 aromatic carbocycles. The highest BCUT2D eigenvalue weighted by molar-refractivity contribution is 7.25. The summed E-state index contributed by atoms with van der Waals surface area (Å²) in [6.07, 6.45) is 0. The van der Waals surface area contributed by atoms with Gasteiger partial charge in [-0.3, -0.25) is 0 Å². The van der Waals surface area contributed by atoms with Crippen LogP contribution in [-0.4, -0.2) is 14.5 Å². The van der Waals surface area contributed by atoms with E-state index in [1.807, 2.05) is 11.3 Å². The molecule has 13 rings (SSSR count). The number of hydrogen-bond donors (Lipinski definition) is 0. The molecule has 13 aromatic rings. The number of thiophene rings is 1. The molecular weight excluding hydrogens is 833 g/mol. The Morgan fingerprint density at radius 1 is 0.328 bits per heavy atom. The van der Waals surface area contributed by atoms with Gasteiger partial charge in [0, 0.05) is 70.2 Å². The lowest BCUT2D eigenvalue weighted by atomic mass is 10.0. The zero-order valence-electron chi connectivity index (χ0n) is 36.3. The standard InChI is InChI=1S/C62H40N4S/c1-3-14-41(15-4-1)43-26-28-45(29-27-43)61-53-22-7-10-23-56(53)63-62(64-61)46-32-36-58-54(38-46)51-20-8-11-24-57(51)66(58)49-19-13-18-48(39-49)65(47-33-30-44(31-34-47)42-16-5-2-6-17-42)50-35-37-60-55(40-50)52-21-9-12-25-59(52)67-60/h1-40H. The van der Waals surface area contributed by atoms with Crippen LogP contribution < -0.4 is 4.90 Å². The van der Waals surface area contributed by atoms with Gasteiger partial charge in [-0.25, -0.2) is 9.97 Å². The molecule has 3 aromatic heterocycles. The number of anilines is 3. The van der Waals surface area contributed by atoms with Gasteiger partial charge in [-0.15, -0.1) is 11.3 Å². The molecule has 314 valence electrons. The maximum atomic E-state index is 5.32. The van der Waals surface area contributed by atoms with Crippen LogP contribution in [-0.2, 0) is 0 Å². The number of nitrogens with zero attached hydrogens (tertiary/aromatic N) is 4. The molecule has 0 amide bonds. The van der Waals surface area contributed by atoms with Gasteiger partial charge in [-0.2, -0.15) is 0 Å². The number of fused-ring (bicyclic) bond motifs is 7. The first-order valence-electron chi connectivity index (χ1n) is 22.6. The molecule has 5 heteroatoms. The van der Waals surface area contributed by atoms with E-state index in [-0.39, 0.29) is 0 Å². The monoisotopic (exact) mass is 872 g/mol. The molecule has 0 bridgehead atoms. The Bertz CT molecular complexity index is 3970. The zero-order valence-corrected chi connectivity index (χ0v) is 37.1. The minimum Gasteiger partial charge on any atom is -0.310 e. The fourth-order valence-corrected chi connectivity index (χ4v) is 10.9. The molecule has 0 aliphatic carbocycles. The minimum absolute atomic E-state index is 0.700. The number of para-hydroxylation sites is 2. The summed E-state index contributed by atoms with van der Waals surface area (Å²) < 4.78 is 4.97. The van der Waals surface area contributed by atoms with Gasteiger partial charge in [0.15, 0.2) is 5.82 Å². The van der Waals surface area contributed by atoms with Crippen molar-refractivity contribution in [2.24, 2.45) is 0 Å². The van der Waals surface area contributed by atoms with Gasteiger partial charge >= 0.3 is 0 Å². The van der Waals surface area contributed by atoms with E-state index >= 15 is 0 Å². The summed E-state index contributed by atoms with van der Waals surface area (Å²) >= 11 is 1.85. The second-order valence-electron chi connectivity index (χ2n) is 17.0. The first kappa shape index (κ1) is 38.8. The van der Waals surface area contributed by atoms with Gasteiger partial charge in [-0.05, 0) is 107 Å². The van der Waals surface area contributed by atoms with Crippen molar-refractivity contribution in [3.05, 3.63) is 243 Å². The third-order valence-electron chi connectivity index (χ3n) is 13.0. The molecule has 0 fully saturated rings. The molecule has 67 heavy (non-hydrogen) atoms. The molecule has 0 spiro atoms. The van der Waals surface area contributed by atoms with E-state index in [0.29, 0.717) is 5.82 Å². The summed E-state index contributed by atoms with van der Waals surface area (Å²) in [6.45, 7) is 0.